The Hall–Kier alpha value is -3.04. The predicted molar refractivity (Wildman–Crippen MR) is 126 cm³/mol. The van der Waals surface area contributed by atoms with Gasteiger partial charge in [0, 0.05) is 11.8 Å². The quantitative estimate of drug-likeness (QED) is 0.234. The summed E-state index contributed by atoms with van der Waals surface area (Å²) in [6.07, 6.45) is 0. The van der Waals surface area contributed by atoms with E-state index in [9.17, 15) is 9.59 Å². The van der Waals surface area contributed by atoms with Crippen LogP contribution in [0.25, 0.3) is 0 Å². The monoisotopic (exact) mass is 497 g/mol. The molecule has 0 bridgehead atoms. The summed E-state index contributed by atoms with van der Waals surface area (Å²) in [7, 11) is 2.86. The molecule has 0 N–H and O–H groups in total. The third-order valence-corrected chi connectivity index (χ3v) is 4.96. The van der Waals surface area contributed by atoms with Gasteiger partial charge >= 0.3 is 0 Å². The van der Waals surface area contributed by atoms with Gasteiger partial charge in [0.15, 0.2) is 34.5 Å². The van der Waals surface area contributed by atoms with Crippen LogP contribution < -0.4 is 23.4 Å². The summed E-state index contributed by atoms with van der Waals surface area (Å²) in [5.41, 5.74) is 0.336. The molecule has 2 aromatic rings. The highest BCUT2D eigenvalue weighted by Gasteiger charge is 2.31. The van der Waals surface area contributed by atoms with Crippen molar-refractivity contribution in [3.8, 4) is 23.0 Å². The number of carbonyl (C=O) groups excluding carboxylic acids is 2. The molecule has 0 aliphatic rings. The van der Waals surface area contributed by atoms with Crippen LogP contribution in [0.4, 0.5) is 11.4 Å². The lowest BCUT2D eigenvalue weighted by Crippen LogP contribution is -2.36. The van der Waals surface area contributed by atoms with Gasteiger partial charge in [0.25, 0.3) is 5.91 Å². The molecule has 0 radical (unpaired) electrons. The number of benzene rings is 2. The molecule has 0 aromatic heterocycles. The second-order valence-corrected chi connectivity index (χ2v) is 7.19. The van der Waals surface area contributed by atoms with Gasteiger partial charge < -0.3 is 18.9 Å². The molecule has 0 saturated heterocycles. The average Bonchev–Trinajstić information content (AvgIpc) is 2.81. The van der Waals surface area contributed by atoms with E-state index in [1.165, 1.54) is 27.2 Å². The summed E-state index contributed by atoms with van der Waals surface area (Å²) in [6, 6.07) is 6.46. The molecule has 9 nitrogen and oxygen atoms in total. The van der Waals surface area contributed by atoms with Crippen molar-refractivity contribution < 1.29 is 28.5 Å². The van der Waals surface area contributed by atoms with Crippen LogP contribution in [0.15, 0.2) is 40.6 Å². The number of methoxy groups -OCH3 is 2. The Morgan fingerprint density at radius 3 is 2.27 bits per heavy atom. The first kappa shape index (κ1) is 26.2. The molecule has 2 rings (SSSR count). The van der Waals surface area contributed by atoms with E-state index < -0.39 is 17.7 Å². The molecule has 1 amide bonds. The SMILES string of the molecule is CCOc1ccc(Cl)c(OCC)c1N=NC(C(C)=O)C(=O)N(Cl)c1cccc(OC)c1OC. The van der Waals surface area contributed by atoms with Crippen molar-refractivity contribution in [3.63, 3.8) is 0 Å². The van der Waals surface area contributed by atoms with Crippen LogP contribution in [0.2, 0.25) is 5.02 Å². The fourth-order valence-electron chi connectivity index (χ4n) is 2.85. The first-order chi connectivity index (χ1) is 15.8. The van der Waals surface area contributed by atoms with Gasteiger partial charge in [-0.1, -0.05) is 17.7 Å². The van der Waals surface area contributed by atoms with E-state index in [0.29, 0.717) is 24.7 Å². The Morgan fingerprint density at radius 1 is 1.00 bits per heavy atom. The van der Waals surface area contributed by atoms with E-state index in [4.69, 9.17) is 42.3 Å². The fourth-order valence-corrected chi connectivity index (χ4v) is 3.28. The summed E-state index contributed by atoms with van der Waals surface area (Å²) < 4.78 is 22.5. The highest BCUT2D eigenvalue weighted by atomic mass is 35.5. The summed E-state index contributed by atoms with van der Waals surface area (Å²) in [4.78, 5) is 25.4. The molecule has 0 fully saturated rings. The van der Waals surface area contributed by atoms with E-state index in [2.05, 4.69) is 10.2 Å². The molecule has 11 heteroatoms. The first-order valence-electron chi connectivity index (χ1n) is 10.0. The summed E-state index contributed by atoms with van der Waals surface area (Å²) in [5, 5.41) is 8.36. The Balaban J connectivity index is 2.48. The van der Waals surface area contributed by atoms with Crippen molar-refractivity contribution in [3.05, 3.63) is 35.4 Å². The van der Waals surface area contributed by atoms with E-state index >= 15 is 0 Å². The molecule has 0 spiro atoms. The molecular formula is C22H25Cl2N3O6. The molecular weight excluding hydrogens is 473 g/mol. The highest BCUT2D eigenvalue weighted by Crippen LogP contribution is 2.43. The second kappa shape index (κ2) is 12.3. The zero-order valence-corrected chi connectivity index (χ0v) is 20.4. The van der Waals surface area contributed by atoms with Crippen molar-refractivity contribution in [2.24, 2.45) is 10.2 Å². The van der Waals surface area contributed by atoms with E-state index in [0.717, 1.165) is 4.42 Å². The molecule has 2 aromatic carbocycles. The van der Waals surface area contributed by atoms with Gasteiger partial charge in [-0.2, -0.15) is 5.11 Å². The number of hydrogen-bond acceptors (Lipinski definition) is 8. The normalized spacial score (nSPS) is 11.7. The summed E-state index contributed by atoms with van der Waals surface area (Å²) >= 11 is 12.5. The lowest BCUT2D eigenvalue weighted by atomic mass is 10.2. The molecule has 0 heterocycles. The number of azo groups is 1. The standard InChI is InChI=1S/C22H25Cl2N3O6/c1-6-32-16-12-11-14(23)20(33-7-2)19(16)26-25-18(13(3)28)22(29)27(24)15-9-8-10-17(30-4)21(15)31-5/h8-12,18H,6-7H2,1-5H3. The maximum absolute atomic E-state index is 13.1. The van der Waals surface area contributed by atoms with Crippen LogP contribution in [0.3, 0.4) is 0 Å². The van der Waals surface area contributed by atoms with Crippen LogP contribution >= 0.6 is 23.4 Å². The summed E-state index contributed by atoms with van der Waals surface area (Å²) in [5.74, 6) is -0.278. The topological polar surface area (TPSA) is 99.0 Å². The van der Waals surface area contributed by atoms with Crippen molar-refractivity contribution >= 4 is 46.4 Å². The molecule has 178 valence electrons. The lowest BCUT2D eigenvalue weighted by molar-refractivity contribution is -0.126. The third-order valence-electron chi connectivity index (χ3n) is 4.31. The Labute approximate surface area is 202 Å². The van der Waals surface area contributed by atoms with Crippen molar-refractivity contribution in [2.45, 2.75) is 26.8 Å². The molecule has 0 aliphatic carbocycles. The van der Waals surface area contributed by atoms with Gasteiger partial charge in [-0.05, 0) is 45.0 Å². The Morgan fingerprint density at radius 2 is 1.70 bits per heavy atom. The minimum absolute atomic E-state index is 0.158. The molecule has 0 aliphatic heterocycles. The number of carbonyl (C=O) groups is 2. The molecule has 1 unspecified atom stereocenters. The zero-order valence-electron chi connectivity index (χ0n) is 18.9. The fraction of sp³-hybridized carbons (Fsp3) is 0.364. The zero-order chi connectivity index (χ0) is 24.5. The van der Waals surface area contributed by atoms with Crippen molar-refractivity contribution in [2.75, 3.05) is 31.9 Å². The smallest absolute Gasteiger partial charge is 0.276 e. The number of ketones is 1. The van der Waals surface area contributed by atoms with Gasteiger partial charge in [-0.15, -0.1) is 5.11 Å². The van der Waals surface area contributed by atoms with E-state index in [1.807, 2.05) is 0 Å². The first-order valence-corrected chi connectivity index (χ1v) is 10.7. The summed E-state index contributed by atoms with van der Waals surface area (Å²) in [6.45, 7) is 5.43. The van der Waals surface area contributed by atoms with Crippen LogP contribution in [0.5, 0.6) is 23.0 Å². The number of Topliss-reactive ketones (excluding diaryl/α,β-unsaturated/α-hetero) is 1. The second-order valence-electron chi connectivity index (χ2n) is 6.45. The maximum atomic E-state index is 13.1. The molecule has 33 heavy (non-hydrogen) atoms. The number of para-hydroxylation sites is 1. The number of rotatable bonds is 11. The van der Waals surface area contributed by atoms with Crippen LogP contribution in [0.1, 0.15) is 20.8 Å². The number of halogens is 2. The number of anilines is 1. The van der Waals surface area contributed by atoms with Gasteiger partial charge in [-0.3, -0.25) is 9.59 Å². The number of nitrogens with zero attached hydrogens (tertiary/aromatic N) is 3. The number of amides is 1. The van der Waals surface area contributed by atoms with Crippen LogP contribution in [-0.4, -0.2) is 45.2 Å². The van der Waals surface area contributed by atoms with Gasteiger partial charge in [0.05, 0.1) is 32.5 Å². The van der Waals surface area contributed by atoms with Gasteiger partial charge in [0.1, 0.15) is 5.69 Å². The minimum atomic E-state index is -1.54. The number of hydrogen-bond donors (Lipinski definition) is 0. The third kappa shape index (κ3) is 6.06. The molecule has 0 saturated carbocycles. The van der Waals surface area contributed by atoms with Crippen molar-refractivity contribution in [1.82, 2.24) is 0 Å². The highest BCUT2D eigenvalue weighted by molar-refractivity contribution is 6.39. The van der Waals surface area contributed by atoms with Crippen LogP contribution in [0, 0.1) is 0 Å². The predicted octanol–water partition coefficient (Wildman–Crippen LogP) is 5.38. The average molecular weight is 498 g/mol. The minimum Gasteiger partial charge on any atom is -0.493 e. The van der Waals surface area contributed by atoms with E-state index in [-0.39, 0.29) is 27.9 Å². The van der Waals surface area contributed by atoms with Gasteiger partial charge in [-0.25, -0.2) is 4.42 Å². The van der Waals surface area contributed by atoms with E-state index in [1.54, 1.807) is 38.1 Å². The van der Waals surface area contributed by atoms with Crippen LogP contribution in [-0.2, 0) is 9.59 Å². The maximum Gasteiger partial charge on any atom is 0.276 e. The largest absolute Gasteiger partial charge is 0.493 e. The molecule has 1 atom stereocenters. The van der Waals surface area contributed by atoms with Gasteiger partial charge in [0.2, 0.25) is 6.04 Å². The number of ether oxygens (including phenoxy) is 4. The van der Waals surface area contributed by atoms with Crippen molar-refractivity contribution in [1.29, 1.82) is 0 Å². The lowest BCUT2D eigenvalue weighted by Gasteiger charge is -2.20. The Kier molecular flexibility index (Phi) is 9.74. The Bertz CT molecular complexity index is 1030.